The Kier molecular flexibility index (Phi) is 2.75. The number of nitrogens with zero attached hydrogens (tertiary/aromatic N) is 1. The van der Waals surface area contributed by atoms with Crippen molar-refractivity contribution in [1.29, 1.82) is 0 Å². The third-order valence-electron chi connectivity index (χ3n) is 3.76. The van der Waals surface area contributed by atoms with Crippen molar-refractivity contribution in [2.24, 2.45) is 7.05 Å². The highest BCUT2D eigenvalue weighted by Gasteiger charge is 2.10. The van der Waals surface area contributed by atoms with Crippen molar-refractivity contribution in [1.82, 2.24) is 9.88 Å². The summed E-state index contributed by atoms with van der Waals surface area (Å²) in [6, 6.07) is 14.8. The molecule has 1 N–H and O–H groups in total. The van der Waals surface area contributed by atoms with E-state index >= 15 is 0 Å². The van der Waals surface area contributed by atoms with Crippen LogP contribution < -0.4 is 5.32 Å². The highest BCUT2D eigenvalue weighted by atomic mass is 16.1. The lowest BCUT2D eigenvalue weighted by Gasteiger charge is -2.10. The predicted octanol–water partition coefficient (Wildman–Crippen LogP) is 3.14. The molecule has 3 nitrogen and oxygen atoms in total. The number of aryl methyl sites for hydroxylation is 1. The molecular formula is C16H16N2O. The summed E-state index contributed by atoms with van der Waals surface area (Å²) < 4.78 is 2.20. The van der Waals surface area contributed by atoms with E-state index in [0.717, 1.165) is 12.0 Å². The third kappa shape index (κ3) is 1.78. The Morgan fingerprint density at radius 1 is 1.11 bits per heavy atom. The summed E-state index contributed by atoms with van der Waals surface area (Å²) in [5.74, 6) is 0. The van der Waals surface area contributed by atoms with E-state index in [9.17, 15) is 4.79 Å². The lowest BCUT2D eigenvalue weighted by Crippen LogP contribution is -2.15. The summed E-state index contributed by atoms with van der Waals surface area (Å²) >= 11 is 0. The lowest BCUT2D eigenvalue weighted by atomic mass is 10.0. The molecule has 0 aliphatic heterocycles. The first-order valence-corrected chi connectivity index (χ1v) is 6.39. The van der Waals surface area contributed by atoms with Crippen molar-refractivity contribution in [3.63, 3.8) is 0 Å². The largest absolute Gasteiger partial charge is 0.352 e. The van der Waals surface area contributed by atoms with Gasteiger partial charge < -0.3 is 9.88 Å². The maximum Gasteiger partial charge on any atom is 0.207 e. The number of amides is 1. The third-order valence-corrected chi connectivity index (χ3v) is 3.76. The van der Waals surface area contributed by atoms with Crippen LogP contribution >= 0.6 is 0 Å². The Morgan fingerprint density at radius 3 is 2.63 bits per heavy atom. The van der Waals surface area contributed by atoms with Crippen LogP contribution in [0.2, 0.25) is 0 Å². The van der Waals surface area contributed by atoms with Gasteiger partial charge in [-0.3, -0.25) is 4.79 Å². The number of para-hydroxylation sites is 1. The second kappa shape index (κ2) is 4.43. The molecule has 0 saturated carbocycles. The van der Waals surface area contributed by atoms with Gasteiger partial charge in [0.05, 0.1) is 6.04 Å². The van der Waals surface area contributed by atoms with Crippen molar-refractivity contribution in [3.8, 4) is 0 Å². The van der Waals surface area contributed by atoms with Crippen LogP contribution in [-0.4, -0.2) is 11.0 Å². The topological polar surface area (TPSA) is 34.0 Å². The molecule has 0 radical (unpaired) electrons. The van der Waals surface area contributed by atoms with Crippen molar-refractivity contribution >= 4 is 28.2 Å². The van der Waals surface area contributed by atoms with E-state index in [-0.39, 0.29) is 6.04 Å². The van der Waals surface area contributed by atoms with Crippen LogP contribution in [0.15, 0.2) is 42.5 Å². The molecule has 1 amide bonds. The quantitative estimate of drug-likeness (QED) is 0.714. The van der Waals surface area contributed by atoms with Crippen molar-refractivity contribution < 1.29 is 4.79 Å². The molecule has 0 saturated heterocycles. The molecule has 3 heteroatoms. The van der Waals surface area contributed by atoms with E-state index in [1.165, 1.54) is 21.8 Å². The van der Waals surface area contributed by atoms with Gasteiger partial charge in [-0.15, -0.1) is 0 Å². The predicted molar refractivity (Wildman–Crippen MR) is 78.0 cm³/mol. The van der Waals surface area contributed by atoms with E-state index in [0.29, 0.717) is 0 Å². The SMILES string of the molecule is CC(NC=O)c1ccc2c(c1)c1ccccc1n2C. The zero-order valence-corrected chi connectivity index (χ0v) is 11.1. The van der Waals surface area contributed by atoms with Gasteiger partial charge in [0.1, 0.15) is 0 Å². The first-order chi connectivity index (χ1) is 9.22. The summed E-state index contributed by atoms with van der Waals surface area (Å²) in [4.78, 5) is 10.6. The van der Waals surface area contributed by atoms with Gasteiger partial charge in [-0.1, -0.05) is 24.3 Å². The second-order valence-corrected chi connectivity index (χ2v) is 4.86. The minimum Gasteiger partial charge on any atom is -0.352 e. The molecule has 1 aromatic heterocycles. The van der Waals surface area contributed by atoms with Crippen LogP contribution in [0.3, 0.4) is 0 Å². The first kappa shape index (κ1) is 11.8. The lowest BCUT2D eigenvalue weighted by molar-refractivity contribution is -0.110. The summed E-state index contributed by atoms with van der Waals surface area (Å²) in [5, 5.41) is 5.28. The van der Waals surface area contributed by atoms with E-state index < -0.39 is 0 Å². The molecule has 0 aliphatic rings. The molecule has 0 spiro atoms. The molecule has 3 aromatic rings. The highest BCUT2D eigenvalue weighted by Crippen LogP contribution is 2.29. The molecule has 0 aliphatic carbocycles. The summed E-state index contributed by atoms with van der Waals surface area (Å²) in [6.07, 6.45) is 0.748. The molecule has 0 bridgehead atoms. The van der Waals surface area contributed by atoms with Crippen LogP contribution in [0, 0.1) is 0 Å². The average Bonchev–Trinajstić information content (AvgIpc) is 2.73. The summed E-state index contributed by atoms with van der Waals surface area (Å²) in [5.41, 5.74) is 3.56. The maximum absolute atomic E-state index is 10.6. The summed E-state index contributed by atoms with van der Waals surface area (Å²) in [6.45, 7) is 1.99. The zero-order chi connectivity index (χ0) is 13.4. The van der Waals surface area contributed by atoms with Crippen LogP contribution in [0.1, 0.15) is 18.5 Å². The fourth-order valence-electron chi connectivity index (χ4n) is 2.65. The molecule has 96 valence electrons. The Bertz CT molecular complexity index is 758. The zero-order valence-electron chi connectivity index (χ0n) is 11.1. The first-order valence-electron chi connectivity index (χ1n) is 6.39. The van der Waals surface area contributed by atoms with Gasteiger partial charge in [-0.2, -0.15) is 0 Å². The van der Waals surface area contributed by atoms with E-state index in [1.807, 2.05) is 6.92 Å². The van der Waals surface area contributed by atoms with Gasteiger partial charge in [-0.25, -0.2) is 0 Å². The molecule has 19 heavy (non-hydrogen) atoms. The molecule has 0 fully saturated rings. The number of carbonyl (C=O) groups excluding carboxylic acids is 1. The van der Waals surface area contributed by atoms with Gasteiger partial charge in [0.25, 0.3) is 0 Å². The second-order valence-electron chi connectivity index (χ2n) is 4.86. The van der Waals surface area contributed by atoms with E-state index in [2.05, 4.69) is 59.4 Å². The van der Waals surface area contributed by atoms with Gasteiger partial charge in [-0.05, 0) is 30.7 Å². The molecule has 2 aromatic carbocycles. The number of rotatable bonds is 3. The Balaban J connectivity index is 2.27. The number of aromatic nitrogens is 1. The van der Waals surface area contributed by atoms with Crippen LogP contribution in [0.5, 0.6) is 0 Å². The van der Waals surface area contributed by atoms with Gasteiger partial charge in [0.15, 0.2) is 0 Å². The molecule has 3 rings (SSSR count). The van der Waals surface area contributed by atoms with E-state index in [1.54, 1.807) is 0 Å². The number of hydrogen-bond donors (Lipinski definition) is 1. The highest BCUT2D eigenvalue weighted by molar-refractivity contribution is 6.08. The number of carbonyl (C=O) groups is 1. The molecule has 1 atom stereocenters. The fraction of sp³-hybridized carbons (Fsp3) is 0.188. The normalized spacial score (nSPS) is 12.7. The van der Waals surface area contributed by atoms with Crippen molar-refractivity contribution in [3.05, 3.63) is 48.0 Å². The molecular weight excluding hydrogens is 236 g/mol. The van der Waals surface area contributed by atoms with E-state index in [4.69, 9.17) is 0 Å². The van der Waals surface area contributed by atoms with Crippen LogP contribution in [0.4, 0.5) is 0 Å². The fourth-order valence-corrected chi connectivity index (χ4v) is 2.65. The Labute approximate surface area is 111 Å². The molecule has 1 heterocycles. The van der Waals surface area contributed by atoms with Gasteiger partial charge in [0.2, 0.25) is 6.41 Å². The Morgan fingerprint density at radius 2 is 1.84 bits per heavy atom. The number of fused-ring (bicyclic) bond motifs is 3. The van der Waals surface area contributed by atoms with Crippen LogP contribution in [0.25, 0.3) is 21.8 Å². The number of hydrogen-bond acceptors (Lipinski definition) is 1. The van der Waals surface area contributed by atoms with Gasteiger partial charge in [0, 0.05) is 28.9 Å². The van der Waals surface area contributed by atoms with Crippen LogP contribution in [-0.2, 0) is 11.8 Å². The minimum absolute atomic E-state index is 0.0286. The Hall–Kier alpha value is -2.29. The monoisotopic (exact) mass is 252 g/mol. The standard InChI is InChI=1S/C16H16N2O/c1-11(17-10-19)12-7-8-16-14(9-12)13-5-3-4-6-15(13)18(16)2/h3-11H,1-2H3,(H,17,19). The molecule has 1 unspecified atom stereocenters. The van der Waals surface area contributed by atoms with Crippen molar-refractivity contribution in [2.75, 3.05) is 0 Å². The number of nitrogens with one attached hydrogen (secondary N) is 1. The number of benzene rings is 2. The summed E-state index contributed by atoms with van der Waals surface area (Å²) in [7, 11) is 2.08. The van der Waals surface area contributed by atoms with Gasteiger partial charge >= 0.3 is 0 Å². The van der Waals surface area contributed by atoms with Crippen molar-refractivity contribution in [2.45, 2.75) is 13.0 Å². The maximum atomic E-state index is 10.6. The minimum atomic E-state index is 0.0286. The average molecular weight is 252 g/mol. The smallest absolute Gasteiger partial charge is 0.207 e.